The summed E-state index contributed by atoms with van der Waals surface area (Å²) in [5, 5.41) is 8.67. The highest BCUT2D eigenvalue weighted by atomic mass is 16.5. The maximum atomic E-state index is 10.6. The van der Waals surface area contributed by atoms with E-state index in [4.69, 9.17) is 15.6 Å². The van der Waals surface area contributed by atoms with Crippen LogP contribution in [0, 0.1) is 0 Å². The number of aliphatic carboxylic acids is 1. The van der Waals surface area contributed by atoms with Gasteiger partial charge >= 0.3 is 5.97 Å². The van der Waals surface area contributed by atoms with Gasteiger partial charge in [0.2, 0.25) is 0 Å². The molecule has 1 unspecified atom stereocenters. The number of nitrogens with two attached hydrogens (primary N) is 1. The van der Waals surface area contributed by atoms with Gasteiger partial charge in [-0.05, 0) is 5.56 Å². The van der Waals surface area contributed by atoms with Gasteiger partial charge in [0.05, 0.1) is 13.0 Å². The summed E-state index contributed by atoms with van der Waals surface area (Å²) in [4.78, 5) is 10.6. The minimum absolute atomic E-state index is 0.0696. The molecule has 0 saturated heterocycles. The number of hydrogen-bond acceptors (Lipinski definition) is 3. The summed E-state index contributed by atoms with van der Waals surface area (Å²) in [5.41, 5.74) is 7.73. The van der Waals surface area contributed by atoms with E-state index in [1.54, 1.807) is 0 Å². The lowest BCUT2D eigenvalue weighted by atomic mass is 10.0. The quantitative estimate of drug-likeness (QED) is 0.778. The molecule has 3 N–H and O–H groups in total. The van der Waals surface area contributed by atoms with Crippen molar-refractivity contribution in [3.05, 3.63) is 29.3 Å². The van der Waals surface area contributed by atoms with Crippen molar-refractivity contribution in [1.29, 1.82) is 0 Å². The van der Waals surface area contributed by atoms with Crippen molar-refractivity contribution in [2.45, 2.75) is 18.9 Å². The predicted molar refractivity (Wildman–Crippen MR) is 54.8 cm³/mol. The second-order valence-corrected chi connectivity index (χ2v) is 3.64. The van der Waals surface area contributed by atoms with Gasteiger partial charge in [0.25, 0.3) is 0 Å². The normalized spacial score (nSPS) is 15.5. The molecule has 0 spiro atoms. The fourth-order valence-electron chi connectivity index (χ4n) is 1.83. The minimum Gasteiger partial charge on any atom is -0.493 e. The molecule has 0 radical (unpaired) electrons. The Balaban J connectivity index is 2.28. The van der Waals surface area contributed by atoms with Crippen LogP contribution in [0.25, 0.3) is 0 Å². The molecule has 1 aromatic carbocycles. The van der Waals surface area contributed by atoms with Crippen molar-refractivity contribution in [2.24, 2.45) is 5.73 Å². The Hall–Kier alpha value is -1.55. The van der Waals surface area contributed by atoms with E-state index in [2.05, 4.69) is 0 Å². The van der Waals surface area contributed by atoms with Gasteiger partial charge in [-0.2, -0.15) is 0 Å². The highest BCUT2D eigenvalue weighted by Crippen LogP contribution is 2.33. The Morgan fingerprint density at radius 1 is 1.60 bits per heavy atom. The highest BCUT2D eigenvalue weighted by Gasteiger charge is 2.21. The van der Waals surface area contributed by atoms with Crippen LogP contribution in [0.5, 0.6) is 5.75 Å². The first kappa shape index (κ1) is 9.98. The number of carbonyl (C=O) groups is 1. The van der Waals surface area contributed by atoms with Crippen molar-refractivity contribution in [1.82, 2.24) is 0 Å². The third-order valence-electron chi connectivity index (χ3n) is 2.54. The van der Waals surface area contributed by atoms with E-state index in [0.717, 1.165) is 23.3 Å². The van der Waals surface area contributed by atoms with Crippen LogP contribution < -0.4 is 10.5 Å². The summed E-state index contributed by atoms with van der Waals surface area (Å²) in [5.74, 6) is -0.107. The fraction of sp³-hybridized carbons (Fsp3) is 0.364. The van der Waals surface area contributed by atoms with Gasteiger partial charge < -0.3 is 15.6 Å². The molecule has 1 aliphatic rings. The first-order valence-corrected chi connectivity index (χ1v) is 4.90. The van der Waals surface area contributed by atoms with Gasteiger partial charge in [0, 0.05) is 18.0 Å². The summed E-state index contributed by atoms with van der Waals surface area (Å²) >= 11 is 0. The van der Waals surface area contributed by atoms with Gasteiger partial charge in [0.15, 0.2) is 0 Å². The van der Waals surface area contributed by atoms with Gasteiger partial charge in [-0.1, -0.05) is 18.2 Å². The maximum absolute atomic E-state index is 10.6. The summed E-state index contributed by atoms with van der Waals surface area (Å²) in [6, 6.07) is 5.22. The Kier molecular flexibility index (Phi) is 2.60. The van der Waals surface area contributed by atoms with E-state index in [-0.39, 0.29) is 6.42 Å². The van der Waals surface area contributed by atoms with Crippen LogP contribution in [-0.2, 0) is 11.2 Å². The molecular formula is C11H13NO3. The maximum Gasteiger partial charge on any atom is 0.305 e. The molecule has 1 heterocycles. The molecule has 1 aromatic rings. The number of rotatable bonds is 3. The Morgan fingerprint density at radius 2 is 2.40 bits per heavy atom. The summed E-state index contributed by atoms with van der Waals surface area (Å²) in [6.07, 6.45) is 0.808. The molecule has 0 aromatic heterocycles. The smallest absolute Gasteiger partial charge is 0.305 e. The first-order valence-electron chi connectivity index (χ1n) is 4.90. The molecule has 4 heteroatoms. The van der Waals surface area contributed by atoms with Gasteiger partial charge in [-0.3, -0.25) is 4.79 Å². The summed E-state index contributed by atoms with van der Waals surface area (Å²) in [6.45, 7) is 0.659. The number of hydrogen-bond donors (Lipinski definition) is 2. The van der Waals surface area contributed by atoms with Crippen LogP contribution >= 0.6 is 0 Å². The third-order valence-corrected chi connectivity index (χ3v) is 2.54. The lowest BCUT2D eigenvalue weighted by molar-refractivity contribution is -0.137. The van der Waals surface area contributed by atoms with Crippen molar-refractivity contribution >= 4 is 5.97 Å². The molecular weight excluding hydrogens is 194 g/mol. The number of carboxylic acids is 1. The van der Waals surface area contributed by atoms with E-state index < -0.39 is 12.0 Å². The van der Waals surface area contributed by atoms with Crippen LogP contribution in [0.15, 0.2) is 18.2 Å². The van der Waals surface area contributed by atoms with E-state index in [0.29, 0.717) is 6.61 Å². The van der Waals surface area contributed by atoms with Crippen LogP contribution in [-0.4, -0.2) is 17.7 Å². The topological polar surface area (TPSA) is 72.6 Å². The molecule has 0 bridgehead atoms. The number of benzene rings is 1. The Bertz CT molecular complexity index is 389. The third kappa shape index (κ3) is 1.94. The van der Waals surface area contributed by atoms with Gasteiger partial charge in [-0.15, -0.1) is 0 Å². The lowest BCUT2D eigenvalue weighted by Crippen LogP contribution is -2.15. The zero-order chi connectivity index (χ0) is 10.8. The van der Waals surface area contributed by atoms with Crippen LogP contribution in [0.4, 0.5) is 0 Å². The lowest BCUT2D eigenvalue weighted by Gasteiger charge is -2.13. The second kappa shape index (κ2) is 3.90. The molecule has 1 aliphatic heterocycles. The first-order chi connectivity index (χ1) is 7.18. The number of para-hydroxylation sites is 1. The monoisotopic (exact) mass is 207 g/mol. The zero-order valence-corrected chi connectivity index (χ0v) is 8.27. The van der Waals surface area contributed by atoms with E-state index in [9.17, 15) is 4.79 Å². The fourth-order valence-corrected chi connectivity index (χ4v) is 1.83. The van der Waals surface area contributed by atoms with Crippen molar-refractivity contribution in [3.8, 4) is 5.75 Å². The SMILES string of the molecule is NC(CC(=O)O)c1cccc2c1OCC2. The van der Waals surface area contributed by atoms with Crippen LogP contribution in [0.2, 0.25) is 0 Å². The summed E-state index contributed by atoms with van der Waals surface area (Å²) in [7, 11) is 0. The van der Waals surface area contributed by atoms with Crippen molar-refractivity contribution in [2.75, 3.05) is 6.61 Å². The second-order valence-electron chi connectivity index (χ2n) is 3.64. The molecule has 80 valence electrons. The van der Waals surface area contributed by atoms with Gasteiger partial charge in [0.1, 0.15) is 5.75 Å². The van der Waals surface area contributed by atoms with E-state index in [1.807, 2.05) is 18.2 Å². The molecule has 0 amide bonds. The van der Waals surface area contributed by atoms with E-state index in [1.165, 1.54) is 0 Å². The standard InChI is InChI=1S/C11H13NO3/c12-9(6-10(13)14)8-3-1-2-7-4-5-15-11(7)8/h1-3,9H,4-6,12H2,(H,13,14). The largest absolute Gasteiger partial charge is 0.493 e. The molecule has 4 nitrogen and oxygen atoms in total. The van der Waals surface area contributed by atoms with Crippen LogP contribution in [0.1, 0.15) is 23.6 Å². The average Bonchev–Trinajstić information content (AvgIpc) is 2.63. The zero-order valence-electron chi connectivity index (χ0n) is 8.27. The average molecular weight is 207 g/mol. The van der Waals surface area contributed by atoms with E-state index >= 15 is 0 Å². The molecule has 1 atom stereocenters. The molecule has 0 saturated carbocycles. The molecule has 2 rings (SSSR count). The Labute approximate surface area is 87.7 Å². The van der Waals surface area contributed by atoms with Crippen LogP contribution in [0.3, 0.4) is 0 Å². The molecule has 0 aliphatic carbocycles. The summed E-state index contributed by atoms with van der Waals surface area (Å²) < 4.78 is 5.46. The molecule has 0 fully saturated rings. The minimum atomic E-state index is -0.891. The molecule has 15 heavy (non-hydrogen) atoms. The number of carboxylic acid groups (broad SMARTS) is 1. The van der Waals surface area contributed by atoms with Gasteiger partial charge in [-0.25, -0.2) is 0 Å². The Morgan fingerprint density at radius 3 is 3.13 bits per heavy atom. The predicted octanol–water partition coefficient (Wildman–Crippen LogP) is 1.10. The number of ether oxygens (including phenoxy) is 1. The van der Waals surface area contributed by atoms with Crippen molar-refractivity contribution in [3.63, 3.8) is 0 Å². The number of fused-ring (bicyclic) bond motifs is 1. The van der Waals surface area contributed by atoms with Crippen molar-refractivity contribution < 1.29 is 14.6 Å². The highest BCUT2D eigenvalue weighted by molar-refractivity contribution is 5.68.